The van der Waals surface area contributed by atoms with Crippen LogP contribution in [0, 0.1) is 5.82 Å². The Balaban J connectivity index is 2.91. The zero-order valence-electron chi connectivity index (χ0n) is 13.0. The molecule has 0 bridgehead atoms. The first-order chi connectivity index (χ1) is 9.68. The zero-order valence-corrected chi connectivity index (χ0v) is 13.0. The average molecular weight is 281 g/mol. The van der Waals surface area contributed by atoms with Crippen LogP contribution in [0.25, 0.3) is 0 Å². The maximum absolute atomic E-state index is 13.6. The van der Waals surface area contributed by atoms with Crippen LogP contribution >= 0.6 is 0 Å². The summed E-state index contributed by atoms with van der Waals surface area (Å²) in [7, 11) is 1.71. The van der Waals surface area contributed by atoms with Gasteiger partial charge < -0.3 is 10.1 Å². The lowest BCUT2D eigenvalue weighted by atomic mass is 9.73. The molecular formula is C17H28FNO. The SMILES string of the molecule is CCCC(CCC)(CNCCOC)c1cccc(F)c1. The van der Waals surface area contributed by atoms with E-state index in [2.05, 4.69) is 25.2 Å². The fraction of sp³-hybridized carbons (Fsp3) is 0.647. The first-order valence-electron chi connectivity index (χ1n) is 7.64. The van der Waals surface area contributed by atoms with Gasteiger partial charge in [0.1, 0.15) is 5.82 Å². The van der Waals surface area contributed by atoms with Crippen molar-refractivity contribution in [3.63, 3.8) is 0 Å². The number of hydrogen-bond acceptors (Lipinski definition) is 2. The maximum Gasteiger partial charge on any atom is 0.123 e. The van der Waals surface area contributed by atoms with Gasteiger partial charge in [-0.2, -0.15) is 0 Å². The summed E-state index contributed by atoms with van der Waals surface area (Å²) in [5.41, 5.74) is 1.14. The number of hydrogen-bond donors (Lipinski definition) is 1. The fourth-order valence-electron chi connectivity index (χ4n) is 2.97. The largest absolute Gasteiger partial charge is 0.383 e. The van der Waals surface area contributed by atoms with E-state index in [1.807, 2.05) is 6.07 Å². The molecule has 1 aromatic rings. The van der Waals surface area contributed by atoms with Crippen LogP contribution in [0.2, 0.25) is 0 Å². The van der Waals surface area contributed by atoms with Crippen molar-refractivity contribution in [1.29, 1.82) is 0 Å². The van der Waals surface area contributed by atoms with Crippen LogP contribution in [0.5, 0.6) is 0 Å². The van der Waals surface area contributed by atoms with Gasteiger partial charge in [-0.1, -0.05) is 38.8 Å². The highest BCUT2D eigenvalue weighted by Gasteiger charge is 2.30. The summed E-state index contributed by atoms with van der Waals surface area (Å²) in [6.07, 6.45) is 4.35. The van der Waals surface area contributed by atoms with Gasteiger partial charge >= 0.3 is 0 Å². The summed E-state index contributed by atoms with van der Waals surface area (Å²) in [5, 5.41) is 3.47. The van der Waals surface area contributed by atoms with Gasteiger partial charge in [-0.25, -0.2) is 4.39 Å². The third kappa shape index (κ3) is 4.88. The molecule has 1 N–H and O–H groups in total. The Morgan fingerprint density at radius 2 is 1.90 bits per heavy atom. The van der Waals surface area contributed by atoms with Gasteiger partial charge in [0, 0.05) is 25.6 Å². The Morgan fingerprint density at radius 3 is 2.45 bits per heavy atom. The van der Waals surface area contributed by atoms with Crippen molar-refractivity contribution in [3.8, 4) is 0 Å². The second-order valence-corrected chi connectivity index (χ2v) is 5.46. The second kappa shape index (κ2) is 9.09. The van der Waals surface area contributed by atoms with E-state index in [1.54, 1.807) is 13.2 Å². The van der Waals surface area contributed by atoms with Crippen molar-refractivity contribution >= 4 is 0 Å². The van der Waals surface area contributed by atoms with Gasteiger partial charge in [0.15, 0.2) is 0 Å². The fourth-order valence-corrected chi connectivity index (χ4v) is 2.97. The van der Waals surface area contributed by atoms with Gasteiger partial charge in [-0.05, 0) is 30.5 Å². The molecule has 1 rings (SSSR count). The van der Waals surface area contributed by atoms with Crippen molar-refractivity contribution in [2.24, 2.45) is 0 Å². The molecule has 0 aromatic heterocycles. The molecule has 20 heavy (non-hydrogen) atoms. The van der Waals surface area contributed by atoms with Crippen molar-refractivity contribution in [3.05, 3.63) is 35.6 Å². The quantitative estimate of drug-likeness (QED) is 0.657. The first-order valence-corrected chi connectivity index (χ1v) is 7.64. The smallest absolute Gasteiger partial charge is 0.123 e. The van der Waals surface area contributed by atoms with E-state index in [1.165, 1.54) is 6.07 Å². The van der Waals surface area contributed by atoms with Crippen LogP contribution in [-0.2, 0) is 10.2 Å². The van der Waals surface area contributed by atoms with Gasteiger partial charge in [0.2, 0.25) is 0 Å². The lowest BCUT2D eigenvalue weighted by Crippen LogP contribution is -2.39. The summed E-state index contributed by atoms with van der Waals surface area (Å²) in [4.78, 5) is 0. The van der Waals surface area contributed by atoms with Crippen molar-refractivity contribution in [2.45, 2.75) is 44.9 Å². The van der Waals surface area contributed by atoms with Crippen molar-refractivity contribution < 1.29 is 9.13 Å². The number of benzene rings is 1. The summed E-state index contributed by atoms with van der Waals surface area (Å²) >= 11 is 0. The van der Waals surface area contributed by atoms with Gasteiger partial charge in [-0.3, -0.25) is 0 Å². The predicted octanol–water partition coefficient (Wildman–Crippen LogP) is 3.90. The lowest BCUT2D eigenvalue weighted by Gasteiger charge is -2.35. The van der Waals surface area contributed by atoms with Crippen LogP contribution in [0.3, 0.4) is 0 Å². The molecule has 0 spiro atoms. The molecule has 0 saturated carbocycles. The van der Waals surface area contributed by atoms with Crippen molar-refractivity contribution in [2.75, 3.05) is 26.8 Å². The summed E-state index contributed by atoms with van der Waals surface area (Å²) in [6, 6.07) is 7.10. The van der Waals surface area contributed by atoms with Crippen LogP contribution in [-0.4, -0.2) is 26.8 Å². The molecule has 0 aliphatic carbocycles. The van der Waals surface area contributed by atoms with E-state index in [0.717, 1.165) is 44.3 Å². The number of nitrogens with one attached hydrogen (secondary N) is 1. The third-order valence-electron chi connectivity index (χ3n) is 3.84. The molecule has 0 aliphatic rings. The highest BCUT2D eigenvalue weighted by molar-refractivity contribution is 5.27. The Bertz CT molecular complexity index is 375. The topological polar surface area (TPSA) is 21.3 Å². The van der Waals surface area contributed by atoms with E-state index >= 15 is 0 Å². The minimum Gasteiger partial charge on any atom is -0.383 e. The zero-order chi connectivity index (χ0) is 14.8. The molecule has 0 radical (unpaired) electrons. The number of methoxy groups -OCH3 is 1. The van der Waals surface area contributed by atoms with Gasteiger partial charge in [0.25, 0.3) is 0 Å². The molecule has 0 saturated heterocycles. The Hall–Kier alpha value is -0.930. The maximum atomic E-state index is 13.6. The molecule has 114 valence electrons. The summed E-state index contributed by atoms with van der Waals surface area (Å²) < 4.78 is 18.7. The summed E-state index contributed by atoms with van der Waals surface area (Å²) in [6.45, 7) is 6.80. The monoisotopic (exact) mass is 281 g/mol. The second-order valence-electron chi connectivity index (χ2n) is 5.46. The first kappa shape index (κ1) is 17.1. The normalized spacial score (nSPS) is 11.8. The number of rotatable bonds is 10. The average Bonchev–Trinajstić information content (AvgIpc) is 2.44. The molecule has 0 fully saturated rings. The Labute approximate surface area is 122 Å². The Morgan fingerprint density at radius 1 is 1.20 bits per heavy atom. The molecule has 0 unspecified atom stereocenters. The lowest BCUT2D eigenvalue weighted by molar-refractivity contribution is 0.194. The van der Waals surface area contributed by atoms with Crippen LogP contribution in [0.4, 0.5) is 4.39 Å². The van der Waals surface area contributed by atoms with E-state index < -0.39 is 0 Å². The summed E-state index contributed by atoms with van der Waals surface area (Å²) in [5.74, 6) is -0.143. The van der Waals surface area contributed by atoms with Crippen LogP contribution < -0.4 is 5.32 Å². The molecule has 2 nitrogen and oxygen atoms in total. The van der Waals surface area contributed by atoms with Gasteiger partial charge in [-0.15, -0.1) is 0 Å². The minimum atomic E-state index is -0.143. The predicted molar refractivity (Wildman–Crippen MR) is 82.6 cm³/mol. The molecule has 0 aliphatic heterocycles. The molecule has 0 heterocycles. The van der Waals surface area contributed by atoms with Crippen molar-refractivity contribution in [1.82, 2.24) is 5.32 Å². The van der Waals surface area contributed by atoms with E-state index in [4.69, 9.17) is 4.74 Å². The number of halogens is 1. The molecular weight excluding hydrogens is 253 g/mol. The highest BCUT2D eigenvalue weighted by Crippen LogP contribution is 2.34. The van der Waals surface area contributed by atoms with Crippen LogP contribution in [0.15, 0.2) is 24.3 Å². The third-order valence-corrected chi connectivity index (χ3v) is 3.84. The van der Waals surface area contributed by atoms with Gasteiger partial charge in [0.05, 0.1) is 6.61 Å². The molecule has 1 aromatic carbocycles. The van der Waals surface area contributed by atoms with E-state index in [9.17, 15) is 4.39 Å². The highest BCUT2D eigenvalue weighted by atomic mass is 19.1. The molecule has 3 heteroatoms. The van der Waals surface area contributed by atoms with Crippen LogP contribution in [0.1, 0.15) is 45.1 Å². The minimum absolute atomic E-state index is 0.0271. The molecule has 0 atom stereocenters. The molecule has 0 amide bonds. The standard InChI is InChI=1S/C17H28FNO/c1-4-9-17(10-5-2,14-19-11-12-20-3)15-7-6-8-16(18)13-15/h6-8,13,19H,4-5,9-12,14H2,1-3H3. The van der Waals surface area contributed by atoms with E-state index in [0.29, 0.717) is 6.61 Å². The number of ether oxygens (including phenoxy) is 1. The van der Waals surface area contributed by atoms with E-state index in [-0.39, 0.29) is 11.2 Å². The Kier molecular flexibility index (Phi) is 7.78.